The summed E-state index contributed by atoms with van der Waals surface area (Å²) in [6.07, 6.45) is 5.34. The quantitative estimate of drug-likeness (QED) is 0.378. The van der Waals surface area contributed by atoms with E-state index in [0.717, 1.165) is 11.1 Å². The fraction of sp³-hybridized carbons (Fsp3) is 0.294. The summed E-state index contributed by atoms with van der Waals surface area (Å²) < 4.78 is 5.12. The number of nitrogens with one attached hydrogen (secondary N) is 1. The maximum absolute atomic E-state index is 11.7. The van der Waals surface area contributed by atoms with Crippen LogP contribution in [0.1, 0.15) is 31.9 Å². The molecule has 21 heavy (non-hydrogen) atoms. The van der Waals surface area contributed by atoms with Crippen molar-refractivity contribution >= 4 is 12.4 Å². The van der Waals surface area contributed by atoms with Gasteiger partial charge in [0.25, 0.3) is 0 Å². The molecule has 1 rings (SSSR count). The Labute approximate surface area is 126 Å². The minimum absolute atomic E-state index is 0.111. The molecular weight excluding hydrogens is 266 g/mol. The van der Waals surface area contributed by atoms with Crippen molar-refractivity contribution in [3.05, 3.63) is 59.3 Å². The topological polar surface area (TPSA) is 55.4 Å². The van der Waals surface area contributed by atoms with Crippen LogP contribution in [0.2, 0.25) is 0 Å². The Balaban J connectivity index is 0.00000191. The van der Waals surface area contributed by atoms with Crippen molar-refractivity contribution in [1.82, 2.24) is 5.32 Å². The fourth-order valence-electron chi connectivity index (χ4n) is 1.34. The lowest BCUT2D eigenvalue weighted by atomic mass is 10.2. The molecule has 0 spiro atoms. The Morgan fingerprint density at radius 3 is 2.38 bits per heavy atom. The summed E-state index contributed by atoms with van der Waals surface area (Å²) in [7, 11) is 0. The first-order valence-electron chi connectivity index (χ1n) is 6.93. The molecule has 0 aromatic heterocycles. The number of carbonyl (C=O) groups is 2. The van der Waals surface area contributed by atoms with E-state index in [1.165, 1.54) is 6.08 Å². The average Bonchev–Trinajstić information content (AvgIpc) is 2.52. The van der Waals surface area contributed by atoms with Gasteiger partial charge in [-0.05, 0) is 25.5 Å². The zero-order valence-corrected chi connectivity index (χ0v) is 13.1. The molecule has 114 valence electrons. The third-order valence-corrected chi connectivity index (χ3v) is 2.38. The SMILES string of the molecule is C/C=C\C=C(/NC=O)C(=O)OCc1ccc(C)cc1.CC. The predicted octanol–water partition coefficient (Wildman–Crippen LogP) is 3.27. The number of hydrogen-bond donors (Lipinski definition) is 1. The summed E-state index contributed by atoms with van der Waals surface area (Å²) in [5.41, 5.74) is 2.15. The molecule has 0 saturated carbocycles. The van der Waals surface area contributed by atoms with E-state index in [1.54, 1.807) is 12.2 Å². The Kier molecular flexibility index (Phi) is 10.2. The van der Waals surface area contributed by atoms with Crippen molar-refractivity contribution in [3.8, 4) is 0 Å². The molecule has 4 nitrogen and oxygen atoms in total. The van der Waals surface area contributed by atoms with Gasteiger partial charge in [-0.3, -0.25) is 4.79 Å². The van der Waals surface area contributed by atoms with E-state index in [0.29, 0.717) is 6.41 Å². The van der Waals surface area contributed by atoms with Crippen LogP contribution in [0, 0.1) is 6.92 Å². The number of rotatable bonds is 6. The van der Waals surface area contributed by atoms with Crippen molar-refractivity contribution < 1.29 is 14.3 Å². The Morgan fingerprint density at radius 2 is 1.86 bits per heavy atom. The van der Waals surface area contributed by atoms with Crippen molar-refractivity contribution in [2.75, 3.05) is 0 Å². The van der Waals surface area contributed by atoms with Gasteiger partial charge >= 0.3 is 5.97 Å². The highest BCUT2D eigenvalue weighted by molar-refractivity contribution is 5.90. The van der Waals surface area contributed by atoms with Crippen LogP contribution >= 0.6 is 0 Å². The molecule has 1 N–H and O–H groups in total. The van der Waals surface area contributed by atoms with Gasteiger partial charge in [-0.25, -0.2) is 4.79 Å². The van der Waals surface area contributed by atoms with Crippen molar-refractivity contribution in [2.24, 2.45) is 0 Å². The minimum Gasteiger partial charge on any atom is -0.456 e. The number of allylic oxidation sites excluding steroid dienone is 3. The van der Waals surface area contributed by atoms with E-state index in [4.69, 9.17) is 4.74 Å². The molecular formula is C17H23NO3. The van der Waals surface area contributed by atoms with Crippen LogP contribution < -0.4 is 5.32 Å². The highest BCUT2D eigenvalue weighted by atomic mass is 16.5. The van der Waals surface area contributed by atoms with Gasteiger partial charge in [0.15, 0.2) is 0 Å². The predicted molar refractivity (Wildman–Crippen MR) is 84.4 cm³/mol. The molecule has 0 bridgehead atoms. The molecule has 0 aliphatic carbocycles. The summed E-state index contributed by atoms with van der Waals surface area (Å²) in [4.78, 5) is 22.1. The second-order valence-electron chi connectivity index (χ2n) is 3.93. The molecule has 1 aromatic carbocycles. The van der Waals surface area contributed by atoms with Crippen LogP contribution in [0.25, 0.3) is 0 Å². The molecule has 4 heteroatoms. The highest BCUT2D eigenvalue weighted by Gasteiger charge is 2.09. The summed E-state index contributed by atoms with van der Waals surface area (Å²) in [6, 6.07) is 7.68. The van der Waals surface area contributed by atoms with Crippen LogP contribution in [-0.4, -0.2) is 12.4 Å². The standard InChI is InChI=1S/C15H17NO3.C2H6/c1-3-4-5-14(16-11-17)15(18)19-10-13-8-6-12(2)7-9-13;1-2/h3-9,11H,10H2,1-2H3,(H,16,17);1-2H3/b4-3-,14-5-;. The minimum atomic E-state index is -0.564. The highest BCUT2D eigenvalue weighted by Crippen LogP contribution is 2.06. The first-order chi connectivity index (χ1) is 10.2. The van der Waals surface area contributed by atoms with Crippen molar-refractivity contribution in [3.63, 3.8) is 0 Å². The van der Waals surface area contributed by atoms with Gasteiger partial charge in [0.1, 0.15) is 12.3 Å². The summed E-state index contributed by atoms with van der Waals surface area (Å²) in [5, 5.41) is 2.32. The van der Waals surface area contributed by atoms with Gasteiger partial charge in [-0.2, -0.15) is 0 Å². The summed E-state index contributed by atoms with van der Waals surface area (Å²) in [6.45, 7) is 7.97. The average molecular weight is 289 g/mol. The molecule has 0 aliphatic rings. The maximum atomic E-state index is 11.7. The number of benzene rings is 1. The number of esters is 1. The second kappa shape index (κ2) is 11.5. The van der Waals surface area contributed by atoms with Gasteiger partial charge in [-0.15, -0.1) is 0 Å². The van der Waals surface area contributed by atoms with Gasteiger partial charge in [-0.1, -0.05) is 55.8 Å². The van der Waals surface area contributed by atoms with Gasteiger partial charge in [0.2, 0.25) is 6.41 Å². The second-order valence-corrected chi connectivity index (χ2v) is 3.93. The number of carbonyl (C=O) groups excluding carboxylic acids is 2. The smallest absolute Gasteiger partial charge is 0.355 e. The lowest BCUT2D eigenvalue weighted by Gasteiger charge is -2.07. The monoisotopic (exact) mass is 289 g/mol. The maximum Gasteiger partial charge on any atom is 0.355 e. The first-order valence-corrected chi connectivity index (χ1v) is 6.93. The van der Waals surface area contributed by atoms with E-state index in [-0.39, 0.29) is 12.3 Å². The summed E-state index contributed by atoms with van der Waals surface area (Å²) >= 11 is 0. The zero-order chi connectivity index (χ0) is 16.1. The lowest BCUT2D eigenvalue weighted by Crippen LogP contribution is -2.20. The van der Waals surface area contributed by atoms with Gasteiger partial charge in [0.05, 0.1) is 0 Å². The first kappa shape index (κ1) is 18.6. The lowest BCUT2D eigenvalue weighted by molar-refractivity contribution is -0.141. The third kappa shape index (κ3) is 7.72. The number of aryl methyl sites for hydroxylation is 1. The van der Waals surface area contributed by atoms with Crippen LogP contribution in [0.5, 0.6) is 0 Å². The van der Waals surface area contributed by atoms with Gasteiger partial charge < -0.3 is 10.1 Å². The molecule has 0 heterocycles. The summed E-state index contributed by atoms with van der Waals surface area (Å²) in [5.74, 6) is -0.564. The largest absolute Gasteiger partial charge is 0.456 e. The molecule has 0 aliphatic heterocycles. The fourth-order valence-corrected chi connectivity index (χ4v) is 1.34. The Bertz CT molecular complexity index is 487. The molecule has 1 aromatic rings. The van der Waals surface area contributed by atoms with Crippen molar-refractivity contribution in [1.29, 1.82) is 0 Å². The molecule has 0 saturated heterocycles. The Morgan fingerprint density at radius 1 is 1.24 bits per heavy atom. The molecule has 0 fully saturated rings. The van der Waals surface area contributed by atoms with E-state index >= 15 is 0 Å². The number of amides is 1. The van der Waals surface area contributed by atoms with Gasteiger partial charge in [0, 0.05) is 0 Å². The molecule has 0 radical (unpaired) electrons. The normalized spacial score (nSPS) is 10.6. The van der Waals surface area contributed by atoms with Crippen LogP contribution in [0.15, 0.2) is 48.2 Å². The molecule has 1 amide bonds. The van der Waals surface area contributed by atoms with E-state index < -0.39 is 5.97 Å². The van der Waals surface area contributed by atoms with E-state index in [1.807, 2.05) is 52.0 Å². The molecule has 0 atom stereocenters. The van der Waals surface area contributed by atoms with Crippen molar-refractivity contribution in [2.45, 2.75) is 34.3 Å². The zero-order valence-electron chi connectivity index (χ0n) is 13.1. The van der Waals surface area contributed by atoms with Crippen LogP contribution in [0.3, 0.4) is 0 Å². The number of hydrogen-bond acceptors (Lipinski definition) is 3. The van der Waals surface area contributed by atoms with E-state index in [9.17, 15) is 9.59 Å². The molecule has 0 unspecified atom stereocenters. The Hall–Kier alpha value is -2.36. The van der Waals surface area contributed by atoms with Crippen LogP contribution in [-0.2, 0) is 20.9 Å². The number of ether oxygens (including phenoxy) is 1. The van der Waals surface area contributed by atoms with Crippen LogP contribution in [0.4, 0.5) is 0 Å². The third-order valence-electron chi connectivity index (χ3n) is 2.38. The van der Waals surface area contributed by atoms with E-state index in [2.05, 4.69) is 5.32 Å².